The van der Waals surface area contributed by atoms with E-state index in [9.17, 15) is 14.4 Å². The highest BCUT2D eigenvalue weighted by atomic mass is 35.5. The second-order valence-corrected chi connectivity index (χ2v) is 10.1. The van der Waals surface area contributed by atoms with Crippen LogP contribution in [0.3, 0.4) is 0 Å². The average molecular weight is 500 g/mol. The summed E-state index contributed by atoms with van der Waals surface area (Å²) >= 11 is 6.19. The lowest BCUT2D eigenvalue weighted by Gasteiger charge is -2.43. The van der Waals surface area contributed by atoms with Crippen LogP contribution in [-0.2, 0) is 17.8 Å². The fraction of sp³-hybridized carbons (Fsp3) is 0.538. The third-order valence-corrected chi connectivity index (χ3v) is 7.45. The smallest absolute Gasteiger partial charge is 0.273 e. The maximum absolute atomic E-state index is 13.5. The van der Waals surface area contributed by atoms with Crippen molar-refractivity contribution in [2.45, 2.75) is 76.9 Å². The fourth-order valence-corrected chi connectivity index (χ4v) is 5.16. The maximum atomic E-state index is 13.5. The quantitative estimate of drug-likeness (QED) is 0.551. The van der Waals surface area contributed by atoms with Gasteiger partial charge in [0.15, 0.2) is 5.69 Å². The van der Waals surface area contributed by atoms with Crippen molar-refractivity contribution in [1.29, 1.82) is 0 Å². The molecule has 1 aromatic heterocycles. The van der Waals surface area contributed by atoms with Gasteiger partial charge in [-0.2, -0.15) is 5.10 Å². The van der Waals surface area contributed by atoms with Crippen LogP contribution < -0.4 is 10.6 Å². The van der Waals surface area contributed by atoms with E-state index in [0.29, 0.717) is 30.2 Å². The van der Waals surface area contributed by atoms with Crippen LogP contribution in [0.15, 0.2) is 30.3 Å². The Balaban J connectivity index is 1.49. The minimum absolute atomic E-state index is 0.152. The summed E-state index contributed by atoms with van der Waals surface area (Å²) in [6.07, 6.45) is 6.44. The number of nitrogens with zero attached hydrogens (tertiary/aromatic N) is 3. The van der Waals surface area contributed by atoms with Gasteiger partial charge in [0.05, 0.1) is 6.54 Å². The second kappa shape index (κ2) is 10.8. The Labute approximate surface area is 211 Å². The molecule has 8 nitrogen and oxygen atoms in total. The molecule has 3 amide bonds. The van der Waals surface area contributed by atoms with Gasteiger partial charge in [-0.15, -0.1) is 0 Å². The minimum atomic E-state index is -1.06. The number of unbranched alkanes of at least 4 members (excludes halogenated alkanes) is 1. The van der Waals surface area contributed by atoms with Gasteiger partial charge in [-0.25, -0.2) is 0 Å². The Hall–Kier alpha value is -2.87. The SMILES string of the molecule is CCCCN1C(=O)c2cc(C(=O)NCCc3ccccc3Cl)nn2C[C@]1(C)C(=O)NC1CCCC1. The number of hydrogen-bond donors (Lipinski definition) is 2. The highest BCUT2D eigenvalue weighted by Gasteiger charge is 2.48. The van der Waals surface area contributed by atoms with Gasteiger partial charge in [0, 0.05) is 30.2 Å². The molecule has 4 rings (SSSR count). The fourth-order valence-electron chi connectivity index (χ4n) is 4.93. The molecule has 9 heteroatoms. The van der Waals surface area contributed by atoms with Crippen molar-refractivity contribution in [3.8, 4) is 0 Å². The lowest BCUT2D eigenvalue weighted by atomic mass is 9.94. The minimum Gasteiger partial charge on any atom is -0.351 e. The number of carbonyl (C=O) groups is 3. The van der Waals surface area contributed by atoms with Gasteiger partial charge in [-0.1, -0.05) is 56.0 Å². The van der Waals surface area contributed by atoms with Gasteiger partial charge in [0.1, 0.15) is 11.2 Å². The summed E-state index contributed by atoms with van der Waals surface area (Å²) < 4.78 is 1.52. The first kappa shape index (κ1) is 25.2. The predicted octanol–water partition coefficient (Wildman–Crippen LogP) is 3.58. The Morgan fingerprint density at radius 1 is 1.23 bits per heavy atom. The summed E-state index contributed by atoms with van der Waals surface area (Å²) in [6.45, 7) is 4.94. The molecule has 1 saturated carbocycles. The van der Waals surface area contributed by atoms with E-state index in [2.05, 4.69) is 22.7 Å². The van der Waals surface area contributed by atoms with Crippen molar-refractivity contribution >= 4 is 29.3 Å². The Bertz CT molecular complexity index is 1090. The standard InChI is InChI=1S/C26H34ClN5O3/c1-3-4-15-31-24(34)22-16-21(23(33)28-14-13-18-9-5-8-12-20(18)27)30-32(22)17-26(31,2)25(35)29-19-10-6-7-11-19/h5,8-9,12,16,19H,3-4,6-7,10-11,13-15,17H2,1-2H3,(H,28,33)(H,29,35)/t26-/m1/s1. The third kappa shape index (κ3) is 5.37. The van der Waals surface area contributed by atoms with Gasteiger partial charge in [0.25, 0.3) is 11.8 Å². The van der Waals surface area contributed by atoms with Gasteiger partial charge < -0.3 is 15.5 Å². The third-order valence-electron chi connectivity index (χ3n) is 7.08. The molecule has 188 valence electrons. The van der Waals surface area contributed by atoms with E-state index < -0.39 is 5.54 Å². The first-order valence-electron chi connectivity index (χ1n) is 12.6. The van der Waals surface area contributed by atoms with Crippen molar-refractivity contribution in [1.82, 2.24) is 25.3 Å². The summed E-state index contributed by atoms with van der Waals surface area (Å²) in [4.78, 5) is 41.4. The molecule has 0 unspecified atom stereocenters. The van der Waals surface area contributed by atoms with Crippen LogP contribution in [-0.4, -0.2) is 57.1 Å². The van der Waals surface area contributed by atoms with Gasteiger partial charge >= 0.3 is 0 Å². The largest absolute Gasteiger partial charge is 0.351 e. The van der Waals surface area contributed by atoms with E-state index in [0.717, 1.165) is 44.1 Å². The van der Waals surface area contributed by atoms with Crippen LogP contribution in [0.4, 0.5) is 0 Å². The van der Waals surface area contributed by atoms with Crippen molar-refractivity contribution in [2.24, 2.45) is 0 Å². The van der Waals surface area contributed by atoms with Crippen LogP contribution in [0.5, 0.6) is 0 Å². The van der Waals surface area contributed by atoms with Crippen molar-refractivity contribution in [3.05, 3.63) is 52.3 Å². The summed E-state index contributed by atoms with van der Waals surface area (Å²) in [7, 11) is 0. The molecule has 0 saturated heterocycles. The van der Waals surface area contributed by atoms with Crippen LogP contribution in [0.25, 0.3) is 0 Å². The molecule has 35 heavy (non-hydrogen) atoms. The summed E-state index contributed by atoms with van der Waals surface area (Å²) in [5.74, 6) is -0.777. The molecular formula is C26H34ClN5O3. The molecule has 0 bridgehead atoms. The van der Waals surface area contributed by atoms with E-state index in [4.69, 9.17) is 11.6 Å². The number of halogens is 1. The lowest BCUT2D eigenvalue weighted by Crippen LogP contribution is -2.65. The maximum Gasteiger partial charge on any atom is 0.273 e. The molecule has 1 aliphatic carbocycles. The molecule has 0 spiro atoms. The monoisotopic (exact) mass is 499 g/mol. The van der Waals surface area contributed by atoms with E-state index in [1.54, 1.807) is 11.8 Å². The lowest BCUT2D eigenvalue weighted by molar-refractivity contribution is -0.133. The summed E-state index contributed by atoms with van der Waals surface area (Å²) in [6, 6.07) is 9.19. The highest BCUT2D eigenvalue weighted by Crippen LogP contribution is 2.29. The Morgan fingerprint density at radius 2 is 1.97 bits per heavy atom. The zero-order valence-electron chi connectivity index (χ0n) is 20.5. The van der Waals surface area contributed by atoms with Crippen LogP contribution in [0.1, 0.15) is 78.9 Å². The molecule has 1 aromatic carbocycles. The Morgan fingerprint density at radius 3 is 2.69 bits per heavy atom. The molecule has 1 atom stereocenters. The molecule has 2 heterocycles. The second-order valence-electron chi connectivity index (χ2n) is 9.71. The number of nitrogens with one attached hydrogen (secondary N) is 2. The molecule has 0 radical (unpaired) electrons. The average Bonchev–Trinajstić information content (AvgIpc) is 3.50. The van der Waals surface area contributed by atoms with Crippen LogP contribution in [0.2, 0.25) is 5.02 Å². The normalized spacial score (nSPS) is 20.1. The number of fused-ring (bicyclic) bond motifs is 1. The van der Waals surface area contributed by atoms with Crippen LogP contribution >= 0.6 is 11.6 Å². The molecule has 2 aliphatic rings. The first-order valence-corrected chi connectivity index (χ1v) is 12.9. The van der Waals surface area contributed by atoms with Crippen molar-refractivity contribution in [3.63, 3.8) is 0 Å². The summed E-state index contributed by atoms with van der Waals surface area (Å²) in [5, 5.41) is 11.1. The van der Waals surface area contributed by atoms with Gasteiger partial charge in [-0.3, -0.25) is 19.1 Å². The number of aromatic nitrogens is 2. The van der Waals surface area contributed by atoms with Crippen molar-refractivity contribution in [2.75, 3.05) is 13.1 Å². The van der Waals surface area contributed by atoms with Crippen LogP contribution in [0, 0.1) is 0 Å². The van der Waals surface area contributed by atoms with Gasteiger partial charge in [0.2, 0.25) is 5.91 Å². The summed E-state index contributed by atoms with van der Waals surface area (Å²) in [5.41, 5.74) is 0.391. The molecule has 2 N–H and O–H groups in total. The zero-order valence-corrected chi connectivity index (χ0v) is 21.2. The van der Waals surface area contributed by atoms with E-state index in [1.165, 1.54) is 10.7 Å². The van der Waals surface area contributed by atoms with Crippen molar-refractivity contribution < 1.29 is 14.4 Å². The number of benzene rings is 1. The number of amides is 3. The molecule has 1 aliphatic heterocycles. The molecule has 1 fully saturated rings. The van der Waals surface area contributed by atoms with E-state index >= 15 is 0 Å². The van der Waals surface area contributed by atoms with Gasteiger partial charge in [-0.05, 0) is 44.2 Å². The number of hydrogen-bond acceptors (Lipinski definition) is 4. The number of rotatable bonds is 9. The highest BCUT2D eigenvalue weighted by molar-refractivity contribution is 6.31. The molecule has 2 aromatic rings. The first-order chi connectivity index (χ1) is 16.8. The zero-order chi connectivity index (χ0) is 25.0. The topological polar surface area (TPSA) is 96.3 Å². The molecular weight excluding hydrogens is 466 g/mol. The number of carbonyl (C=O) groups excluding carboxylic acids is 3. The predicted molar refractivity (Wildman–Crippen MR) is 134 cm³/mol. The van der Waals surface area contributed by atoms with E-state index in [1.807, 2.05) is 24.3 Å². The Kier molecular flexibility index (Phi) is 7.79. The van der Waals surface area contributed by atoms with E-state index in [-0.39, 0.29) is 36.0 Å².